The predicted molar refractivity (Wildman–Crippen MR) is 93.6 cm³/mol. The van der Waals surface area contributed by atoms with Crippen LogP contribution in [0.5, 0.6) is 0 Å². The monoisotopic (exact) mass is 347 g/mol. The van der Waals surface area contributed by atoms with E-state index in [4.69, 9.17) is 21.8 Å². The van der Waals surface area contributed by atoms with Gasteiger partial charge in [-0.05, 0) is 49.9 Å². The summed E-state index contributed by atoms with van der Waals surface area (Å²) < 4.78 is 5.72. The Morgan fingerprint density at radius 3 is 2.75 bits per heavy atom. The molecule has 128 valence electrons. The van der Waals surface area contributed by atoms with Crippen molar-refractivity contribution in [3.8, 4) is 11.3 Å². The quantitative estimate of drug-likeness (QED) is 0.806. The molecule has 3 rings (SSSR count). The molecule has 1 atom stereocenters. The van der Waals surface area contributed by atoms with E-state index in [2.05, 4.69) is 10.3 Å². The molecule has 0 saturated heterocycles. The van der Waals surface area contributed by atoms with E-state index in [9.17, 15) is 4.79 Å². The van der Waals surface area contributed by atoms with Crippen molar-refractivity contribution in [1.82, 2.24) is 10.3 Å². The van der Waals surface area contributed by atoms with Crippen LogP contribution in [0, 0.1) is 5.92 Å². The zero-order valence-electron chi connectivity index (χ0n) is 13.7. The number of benzene rings is 1. The molecule has 0 radical (unpaired) electrons. The SMILES string of the molecule is CC(CN)(NC(=O)CCc1ncc(-c2ccc(Cl)cc2)o1)C1CC1. The van der Waals surface area contributed by atoms with Crippen LogP contribution >= 0.6 is 11.6 Å². The average Bonchev–Trinajstić information content (AvgIpc) is 3.33. The molecule has 1 amide bonds. The third-order valence-electron chi connectivity index (χ3n) is 4.58. The van der Waals surface area contributed by atoms with E-state index in [-0.39, 0.29) is 11.4 Å². The van der Waals surface area contributed by atoms with Gasteiger partial charge in [-0.25, -0.2) is 4.98 Å². The largest absolute Gasteiger partial charge is 0.441 e. The summed E-state index contributed by atoms with van der Waals surface area (Å²) in [4.78, 5) is 16.4. The second-order valence-corrected chi connectivity index (χ2v) is 7.01. The molecule has 0 aliphatic heterocycles. The number of rotatable bonds is 7. The Labute approximate surface area is 146 Å². The molecule has 5 nitrogen and oxygen atoms in total. The zero-order chi connectivity index (χ0) is 17.2. The van der Waals surface area contributed by atoms with Crippen LogP contribution in [0.1, 0.15) is 32.1 Å². The number of aryl methyl sites for hydroxylation is 1. The lowest BCUT2D eigenvalue weighted by Crippen LogP contribution is -2.53. The fourth-order valence-corrected chi connectivity index (χ4v) is 2.94. The molecule has 1 aliphatic rings. The maximum atomic E-state index is 12.2. The third-order valence-corrected chi connectivity index (χ3v) is 4.83. The Hall–Kier alpha value is -1.85. The van der Waals surface area contributed by atoms with Crippen molar-refractivity contribution >= 4 is 17.5 Å². The minimum Gasteiger partial charge on any atom is -0.441 e. The van der Waals surface area contributed by atoms with Gasteiger partial charge in [-0.3, -0.25) is 4.79 Å². The molecular weight excluding hydrogens is 326 g/mol. The molecule has 1 aromatic heterocycles. The highest BCUT2D eigenvalue weighted by Gasteiger charge is 2.41. The van der Waals surface area contributed by atoms with Crippen LogP contribution in [-0.4, -0.2) is 23.0 Å². The number of oxazole rings is 1. The first kappa shape index (κ1) is 17.0. The van der Waals surface area contributed by atoms with Crippen LogP contribution in [-0.2, 0) is 11.2 Å². The number of carbonyl (C=O) groups is 1. The molecule has 1 unspecified atom stereocenters. The van der Waals surface area contributed by atoms with Crippen molar-refractivity contribution in [2.45, 2.75) is 38.1 Å². The van der Waals surface area contributed by atoms with Crippen LogP contribution in [0.4, 0.5) is 0 Å². The number of nitrogens with two attached hydrogens (primary N) is 1. The second-order valence-electron chi connectivity index (χ2n) is 6.57. The summed E-state index contributed by atoms with van der Waals surface area (Å²) >= 11 is 5.88. The maximum absolute atomic E-state index is 12.2. The summed E-state index contributed by atoms with van der Waals surface area (Å²) in [7, 11) is 0. The van der Waals surface area contributed by atoms with Gasteiger partial charge in [-0.15, -0.1) is 0 Å². The summed E-state index contributed by atoms with van der Waals surface area (Å²) in [5.41, 5.74) is 6.45. The molecule has 1 aromatic carbocycles. The number of amides is 1. The lowest BCUT2D eigenvalue weighted by molar-refractivity contribution is -0.123. The standard InChI is InChI=1S/C18H22ClN3O2/c1-18(11-20,13-4-5-13)22-16(23)8-9-17-21-10-15(24-17)12-2-6-14(19)7-3-12/h2-3,6-7,10,13H,4-5,8-9,11,20H2,1H3,(H,22,23). The van der Waals surface area contributed by atoms with Gasteiger partial charge in [0, 0.05) is 30.0 Å². The van der Waals surface area contributed by atoms with Crippen molar-refractivity contribution in [1.29, 1.82) is 0 Å². The summed E-state index contributed by atoms with van der Waals surface area (Å²) in [5.74, 6) is 1.72. The minimum atomic E-state index is -0.290. The third kappa shape index (κ3) is 3.97. The van der Waals surface area contributed by atoms with Gasteiger partial charge in [0.05, 0.1) is 11.7 Å². The predicted octanol–water partition coefficient (Wildman–Crippen LogP) is 3.17. The Balaban J connectivity index is 1.55. The van der Waals surface area contributed by atoms with Crippen LogP contribution in [0.25, 0.3) is 11.3 Å². The average molecular weight is 348 g/mol. The Morgan fingerprint density at radius 2 is 2.12 bits per heavy atom. The topological polar surface area (TPSA) is 81.1 Å². The first-order valence-corrected chi connectivity index (χ1v) is 8.60. The van der Waals surface area contributed by atoms with Crippen LogP contribution in [0.3, 0.4) is 0 Å². The maximum Gasteiger partial charge on any atom is 0.220 e. The van der Waals surface area contributed by atoms with Crippen molar-refractivity contribution in [2.75, 3.05) is 6.54 Å². The van der Waals surface area contributed by atoms with E-state index in [0.717, 1.165) is 18.4 Å². The van der Waals surface area contributed by atoms with E-state index >= 15 is 0 Å². The number of hydrogen-bond acceptors (Lipinski definition) is 4. The Morgan fingerprint density at radius 1 is 1.42 bits per heavy atom. The first-order chi connectivity index (χ1) is 11.5. The molecule has 6 heteroatoms. The first-order valence-electron chi connectivity index (χ1n) is 8.22. The molecular formula is C18H22ClN3O2. The zero-order valence-corrected chi connectivity index (χ0v) is 14.5. The van der Waals surface area contributed by atoms with Crippen LogP contribution < -0.4 is 11.1 Å². The van der Waals surface area contributed by atoms with E-state index in [1.54, 1.807) is 18.3 Å². The van der Waals surface area contributed by atoms with Gasteiger partial charge in [0.25, 0.3) is 0 Å². The van der Waals surface area contributed by atoms with E-state index in [0.29, 0.717) is 42.0 Å². The normalized spacial score (nSPS) is 16.6. The number of nitrogens with one attached hydrogen (secondary N) is 1. The molecule has 0 spiro atoms. The van der Waals surface area contributed by atoms with E-state index < -0.39 is 0 Å². The van der Waals surface area contributed by atoms with Crippen LogP contribution in [0.2, 0.25) is 5.02 Å². The molecule has 2 aromatic rings. The molecule has 1 fully saturated rings. The van der Waals surface area contributed by atoms with Crippen molar-refractivity contribution < 1.29 is 9.21 Å². The molecule has 0 bridgehead atoms. The van der Waals surface area contributed by atoms with E-state index in [1.807, 2.05) is 19.1 Å². The van der Waals surface area contributed by atoms with Gasteiger partial charge >= 0.3 is 0 Å². The van der Waals surface area contributed by atoms with Gasteiger partial charge in [0.15, 0.2) is 11.7 Å². The molecule has 1 heterocycles. The highest BCUT2D eigenvalue weighted by Crippen LogP contribution is 2.39. The fourth-order valence-electron chi connectivity index (χ4n) is 2.82. The fraction of sp³-hybridized carbons (Fsp3) is 0.444. The summed E-state index contributed by atoms with van der Waals surface area (Å²) in [6.07, 6.45) is 4.74. The van der Waals surface area contributed by atoms with Crippen molar-refractivity contribution in [3.63, 3.8) is 0 Å². The van der Waals surface area contributed by atoms with Gasteiger partial charge < -0.3 is 15.5 Å². The number of carbonyl (C=O) groups excluding carboxylic acids is 1. The highest BCUT2D eigenvalue weighted by molar-refractivity contribution is 6.30. The van der Waals surface area contributed by atoms with E-state index in [1.165, 1.54) is 0 Å². The number of aromatic nitrogens is 1. The van der Waals surface area contributed by atoms with Gasteiger partial charge in [-0.1, -0.05) is 11.6 Å². The van der Waals surface area contributed by atoms with Gasteiger partial charge in [0.2, 0.25) is 5.91 Å². The second kappa shape index (κ2) is 6.95. The lowest BCUT2D eigenvalue weighted by Gasteiger charge is -2.29. The minimum absolute atomic E-state index is 0.0129. The Bertz CT molecular complexity index is 709. The van der Waals surface area contributed by atoms with Crippen molar-refractivity contribution in [3.05, 3.63) is 41.4 Å². The summed E-state index contributed by atoms with van der Waals surface area (Å²) in [6, 6.07) is 7.36. The molecule has 1 saturated carbocycles. The van der Waals surface area contributed by atoms with Gasteiger partial charge in [0.1, 0.15) is 0 Å². The molecule has 1 aliphatic carbocycles. The van der Waals surface area contributed by atoms with Crippen LogP contribution in [0.15, 0.2) is 34.9 Å². The smallest absolute Gasteiger partial charge is 0.220 e. The van der Waals surface area contributed by atoms with Crippen molar-refractivity contribution in [2.24, 2.45) is 11.7 Å². The Kier molecular flexibility index (Phi) is 4.92. The lowest BCUT2D eigenvalue weighted by atomic mass is 9.95. The molecule has 3 N–H and O–H groups in total. The van der Waals surface area contributed by atoms with Gasteiger partial charge in [-0.2, -0.15) is 0 Å². The summed E-state index contributed by atoms with van der Waals surface area (Å²) in [6.45, 7) is 2.48. The number of nitrogens with zero attached hydrogens (tertiary/aromatic N) is 1. The number of hydrogen-bond donors (Lipinski definition) is 2. The highest BCUT2D eigenvalue weighted by atomic mass is 35.5. The summed E-state index contributed by atoms with van der Waals surface area (Å²) in [5, 5.41) is 3.75. The number of halogens is 1. The molecule has 24 heavy (non-hydrogen) atoms.